The van der Waals surface area contributed by atoms with E-state index < -0.39 is 12.1 Å². The van der Waals surface area contributed by atoms with Crippen molar-refractivity contribution in [2.75, 3.05) is 13.1 Å². The molecule has 0 amide bonds. The Morgan fingerprint density at radius 3 is 2.77 bits per heavy atom. The predicted molar refractivity (Wildman–Crippen MR) is 90.9 cm³/mol. The highest BCUT2D eigenvalue weighted by Gasteiger charge is 2.38. The molecule has 3 rings (SSSR count). The van der Waals surface area contributed by atoms with Gasteiger partial charge >= 0.3 is 12.1 Å². The Kier molecular flexibility index (Phi) is 7.58. The molecule has 3 heterocycles. The van der Waals surface area contributed by atoms with E-state index in [0.717, 1.165) is 13.0 Å². The number of aryl methyl sites for hydroxylation is 1. The van der Waals surface area contributed by atoms with Crippen molar-refractivity contribution in [3.8, 4) is 0 Å². The number of hydrogen-bond donors (Lipinski definition) is 2. The molecule has 1 saturated heterocycles. The second-order valence-electron chi connectivity index (χ2n) is 5.93. The number of nitrogens with one attached hydrogen (secondary N) is 1. The van der Waals surface area contributed by atoms with Crippen molar-refractivity contribution < 1.29 is 23.1 Å². The van der Waals surface area contributed by atoms with Crippen molar-refractivity contribution in [1.82, 2.24) is 20.1 Å². The van der Waals surface area contributed by atoms with Crippen LogP contribution < -0.4 is 0 Å². The maximum absolute atomic E-state index is 10.6. The van der Waals surface area contributed by atoms with Crippen LogP contribution in [0.5, 0.6) is 0 Å². The van der Waals surface area contributed by atoms with Gasteiger partial charge in [0.05, 0.1) is 12.2 Å². The molecule has 0 spiro atoms. The number of hydrogen-bond acceptors (Lipinski definition) is 5. The maximum Gasteiger partial charge on any atom is 0.490 e. The molecule has 2 N–H and O–H groups in total. The minimum atomic E-state index is -5.08. The lowest BCUT2D eigenvalue weighted by Gasteiger charge is -2.34. The summed E-state index contributed by atoms with van der Waals surface area (Å²) in [7, 11) is 0. The Morgan fingerprint density at radius 2 is 2.19 bits per heavy atom. The predicted octanol–water partition coefficient (Wildman–Crippen LogP) is 3.66. The van der Waals surface area contributed by atoms with Crippen LogP contribution in [0.4, 0.5) is 13.2 Å². The average molecular weight is 390 g/mol. The zero-order chi connectivity index (χ0) is 19.0. The Morgan fingerprint density at radius 1 is 1.42 bits per heavy atom. The number of halogens is 3. The summed E-state index contributed by atoms with van der Waals surface area (Å²) in [6, 6.07) is 0.554. The normalized spacial score (nSPS) is 18.2. The summed E-state index contributed by atoms with van der Waals surface area (Å²) in [5.41, 5.74) is 1.31. The van der Waals surface area contributed by atoms with Crippen molar-refractivity contribution in [1.29, 1.82) is 0 Å². The third-order valence-electron chi connectivity index (χ3n) is 4.06. The van der Waals surface area contributed by atoms with Crippen molar-refractivity contribution in [2.45, 2.75) is 44.3 Å². The largest absolute Gasteiger partial charge is 0.490 e. The van der Waals surface area contributed by atoms with Crippen molar-refractivity contribution in [3.05, 3.63) is 34.5 Å². The van der Waals surface area contributed by atoms with Crippen LogP contribution in [0.1, 0.15) is 42.3 Å². The number of carbonyl (C=O) groups is 1. The Labute approximate surface area is 153 Å². The van der Waals surface area contributed by atoms with Crippen LogP contribution >= 0.6 is 11.3 Å². The highest BCUT2D eigenvalue weighted by Crippen LogP contribution is 2.32. The number of aliphatic carboxylic acids is 1. The summed E-state index contributed by atoms with van der Waals surface area (Å²) in [5.74, 6) is -2.76. The number of nitrogens with zero attached hydrogens (tertiary/aromatic N) is 3. The van der Waals surface area contributed by atoms with Crippen LogP contribution in [-0.4, -0.2) is 50.4 Å². The van der Waals surface area contributed by atoms with Gasteiger partial charge in [-0.2, -0.15) is 18.3 Å². The van der Waals surface area contributed by atoms with E-state index in [1.807, 2.05) is 18.6 Å². The number of carboxylic acids is 1. The molecule has 1 atom stereocenters. The van der Waals surface area contributed by atoms with Gasteiger partial charge in [0, 0.05) is 17.8 Å². The molecule has 2 aromatic rings. The van der Waals surface area contributed by atoms with E-state index in [9.17, 15) is 13.2 Å². The number of rotatable bonds is 5. The van der Waals surface area contributed by atoms with Crippen LogP contribution in [0.3, 0.4) is 0 Å². The van der Waals surface area contributed by atoms with E-state index in [2.05, 4.69) is 25.5 Å². The molecule has 10 heteroatoms. The lowest BCUT2D eigenvalue weighted by atomic mass is 10.0. The first-order chi connectivity index (χ1) is 12.4. The van der Waals surface area contributed by atoms with Gasteiger partial charge in [0.1, 0.15) is 5.01 Å². The summed E-state index contributed by atoms with van der Waals surface area (Å²) >= 11 is 1.80. The molecule has 0 radical (unpaired) electrons. The first-order valence-electron chi connectivity index (χ1n) is 8.29. The van der Waals surface area contributed by atoms with Gasteiger partial charge in [-0.05, 0) is 44.3 Å². The zero-order valence-electron chi connectivity index (χ0n) is 14.1. The highest BCUT2D eigenvalue weighted by atomic mass is 32.1. The fourth-order valence-electron chi connectivity index (χ4n) is 2.84. The van der Waals surface area contributed by atoms with Gasteiger partial charge in [-0.25, -0.2) is 9.78 Å². The molecule has 6 nitrogen and oxygen atoms in total. The van der Waals surface area contributed by atoms with E-state index >= 15 is 0 Å². The molecule has 26 heavy (non-hydrogen) atoms. The molecule has 0 saturated carbocycles. The first-order valence-corrected chi connectivity index (χ1v) is 9.17. The molecule has 2 aromatic heterocycles. The van der Waals surface area contributed by atoms with E-state index in [1.54, 1.807) is 11.3 Å². The van der Waals surface area contributed by atoms with Crippen LogP contribution in [0.15, 0.2) is 24.0 Å². The van der Waals surface area contributed by atoms with Gasteiger partial charge in [-0.3, -0.25) is 10.00 Å². The minimum Gasteiger partial charge on any atom is -0.475 e. The third kappa shape index (κ3) is 6.41. The summed E-state index contributed by atoms with van der Waals surface area (Å²) in [6.45, 7) is 2.38. The molecule has 0 aromatic carbocycles. The van der Waals surface area contributed by atoms with E-state index in [4.69, 9.17) is 9.90 Å². The van der Waals surface area contributed by atoms with Crippen LogP contribution in [0.2, 0.25) is 0 Å². The second-order valence-corrected chi connectivity index (χ2v) is 6.86. The quantitative estimate of drug-likeness (QED) is 0.814. The SMILES string of the molecule is O=C(O)C(F)(F)F.c1csc(C2CCCCN2CCCc2cn[nH]c2)n1. The number of piperidine rings is 1. The van der Waals surface area contributed by atoms with Gasteiger partial charge in [0.2, 0.25) is 0 Å². The average Bonchev–Trinajstić information content (AvgIpc) is 3.29. The van der Waals surface area contributed by atoms with E-state index in [0.29, 0.717) is 6.04 Å². The summed E-state index contributed by atoms with van der Waals surface area (Å²) in [4.78, 5) is 16.0. The molecule has 1 fully saturated rings. The monoisotopic (exact) mass is 390 g/mol. The minimum absolute atomic E-state index is 0.554. The third-order valence-corrected chi connectivity index (χ3v) is 4.94. The molecule has 1 unspecified atom stereocenters. The number of carboxylic acid groups (broad SMARTS) is 1. The number of aromatic amines is 1. The van der Waals surface area contributed by atoms with Crippen LogP contribution in [0.25, 0.3) is 0 Å². The fourth-order valence-corrected chi connectivity index (χ4v) is 3.64. The topological polar surface area (TPSA) is 82.1 Å². The molecule has 0 bridgehead atoms. The van der Waals surface area contributed by atoms with E-state index in [1.165, 1.54) is 42.8 Å². The van der Waals surface area contributed by atoms with Gasteiger partial charge in [-0.15, -0.1) is 11.3 Å². The number of thiazole rings is 1. The van der Waals surface area contributed by atoms with Gasteiger partial charge in [0.25, 0.3) is 0 Å². The number of alkyl halides is 3. The van der Waals surface area contributed by atoms with Crippen LogP contribution in [0, 0.1) is 0 Å². The molecule has 1 aliphatic rings. The summed E-state index contributed by atoms with van der Waals surface area (Å²) < 4.78 is 31.7. The fraction of sp³-hybridized carbons (Fsp3) is 0.562. The van der Waals surface area contributed by atoms with Crippen molar-refractivity contribution >= 4 is 17.3 Å². The summed E-state index contributed by atoms with van der Waals surface area (Å²) in [5, 5.41) is 17.4. The lowest BCUT2D eigenvalue weighted by Crippen LogP contribution is -2.34. The molecule has 1 aliphatic heterocycles. The Hall–Kier alpha value is -1.94. The Balaban J connectivity index is 0.000000298. The van der Waals surface area contributed by atoms with Crippen molar-refractivity contribution in [3.63, 3.8) is 0 Å². The second kappa shape index (κ2) is 9.67. The number of aromatic nitrogens is 3. The highest BCUT2D eigenvalue weighted by molar-refractivity contribution is 7.09. The molecular formula is C16H21F3N4O2S. The van der Waals surface area contributed by atoms with Gasteiger partial charge < -0.3 is 5.11 Å². The molecule has 0 aliphatic carbocycles. The van der Waals surface area contributed by atoms with E-state index in [-0.39, 0.29) is 0 Å². The summed E-state index contributed by atoms with van der Waals surface area (Å²) in [6.07, 6.45) is 7.00. The smallest absolute Gasteiger partial charge is 0.475 e. The Bertz CT molecular complexity index is 647. The molecular weight excluding hydrogens is 369 g/mol. The number of H-pyrrole nitrogens is 1. The van der Waals surface area contributed by atoms with Crippen LogP contribution in [-0.2, 0) is 11.2 Å². The molecule has 144 valence electrons. The first kappa shape index (κ1) is 20.4. The zero-order valence-corrected chi connectivity index (χ0v) is 14.9. The number of likely N-dealkylation sites (tertiary alicyclic amines) is 1. The standard InChI is InChI=1S/C14H20N4S.C2HF3O2/c1-2-7-18(8-3-4-12-10-16-17-11-12)13(5-1)14-15-6-9-19-14;3-2(4,5)1(6)7/h6,9-11,13H,1-5,7-8H2,(H,16,17);(H,6,7). The van der Waals surface area contributed by atoms with Gasteiger partial charge in [-0.1, -0.05) is 6.42 Å². The van der Waals surface area contributed by atoms with Crippen molar-refractivity contribution in [2.24, 2.45) is 0 Å². The lowest BCUT2D eigenvalue weighted by molar-refractivity contribution is -0.192. The maximum atomic E-state index is 10.6. The van der Waals surface area contributed by atoms with Gasteiger partial charge in [0.15, 0.2) is 0 Å².